The summed E-state index contributed by atoms with van der Waals surface area (Å²) in [5.41, 5.74) is -0.762. The molecule has 8 nitrogen and oxygen atoms in total. The summed E-state index contributed by atoms with van der Waals surface area (Å²) in [5.74, 6) is 0.0733. The molecule has 2 heterocycles. The Morgan fingerprint density at radius 3 is 2.50 bits per heavy atom. The molecule has 1 N–H and O–H groups in total. The van der Waals surface area contributed by atoms with Crippen molar-refractivity contribution in [3.63, 3.8) is 0 Å². The molecule has 1 saturated carbocycles. The first-order chi connectivity index (χ1) is 12.4. The molecule has 0 aromatic heterocycles. The van der Waals surface area contributed by atoms with E-state index in [2.05, 4.69) is 5.32 Å². The van der Waals surface area contributed by atoms with Crippen LogP contribution < -0.4 is 5.32 Å². The molecule has 148 valence electrons. The molecule has 2 saturated heterocycles. The van der Waals surface area contributed by atoms with Crippen LogP contribution >= 0.6 is 0 Å². The second kappa shape index (κ2) is 7.82. The molecule has 0 radical (unpaired) electrons. The highest BCUT2D eigenvalue weighted by Gasteiger charge is 2.51. The van der Waals surface area contributed by atoms with E-state index >= 15 is 0 Å². The highest BCUT2D eigenvalue weighted by atomic mass is 32.2. The van der Waals surface area contributed by atoms with Gasteiger partial charge in [-0.1, -0.05) is 25.7 Å². The Hall–Kier alpha value is -1.19. The van der Waals surface area contributed by atoms with Gasteiger partial charge in [0.15, 0.2) is 9.84 Å². The van der Waals surface area contributed by atoms with Crippen molar-refractivity contribution in [2.45, 2.75) is 56.5 Å². The summed E-state index contributed by atoms with van der Waals surface area (Å²) < 4.78 is 28.8. The number of rotatable bonds is 6. The number of sulfone groups is 1. The van der Waals surface area contributed by atoms with Crippen LogP contribution in [0.3, 0.4) is 0 Å². The van der Waals surface area contributed by atoms with Crippen LogP contribution in [0.25, 0.3) is 0 Å². The molecule has 3 amide bonds. The van der Waals surface area contributed by atoms with Gasteiger partial charge in [-0.15, -0.1) is 0 Å². The molecular weight excluding hydrogens is 358 g/mol. The van der Waals surface area contributed by atoms with Gasteiger partial charge in [0, 0.05) is 19.7 Å². The monoisotopic (exact) mass is 387 g/mol. The molecule has 0 unspecified atom stereocenters. The van der Waals surface area contributed by atoms with Crippen LogP contribution in [0.2, 0.25) is 0 Å². The first-order valence-corrected chi connectivity index (χ1v) is 11.3. The van der Waals surface area contributed by atoms with E-state index in [-0.39, 0.29) is 36.2 Å². The van der Waals surface area contributed by atoms with Gasteiger partial charge in [0.05, 0.1) is 24.8 Å². The zero-order chi connectivity index (χ0) is 18.8. The summed E-state index contributed by atoms with van der Waals surface area (Å²) in [7, 11) is -1.46. The lowest BCUT2D eigenvalue weighted by atomic mass is 9.90. The van der Waals surface area contributed by atoms with Gasteiger partial charge in [-0.3, -0.25) is 9.69 Å². The molecule has 3 rings (SSSR count). The minimum atomic E-state index is -3.04. The fourth-order valence-electron chi connectivity index (χ4n) is 4.30. The Labute approximate surface area is 155 Å². The fourth-order valence-corrected chi connectivity index (χ4v) is 6.06. The molecule has 1 atom stereocenters. The van der Waals surface area contributed by atoms with Crippen molar-refractivity contribution in [2.24, 2.45) is 0 Å². The Bertz CT molecular complexity index is 643. The Kier molecular flexibility index (Phi) is 5.88. The van der Waals surface area contributed by atoms with Crippen molar-refractivity contribution in [2.75, 3.05) is 38.4 Å². The van der Waals surface area contributed by atoms with Gasteiger partial charge in [-0.25, -0.2) is 18.1 Å². The van der Waals surface area contributed by atoms with Gasteiger partial charge in [-0.2, -0.15) is 0 Å². The largest absolute Gasteiger partial charge is 0.383 e. The summed E-state index contributed by atoms with van der Waals surface area (Å²) in [6.07, 6.45) is 5.95. The molecule has 9 heteroatoms. The van der Waals surface area contributed by atoms with Crippen molar-refractivity contribution in [1.29, 1.82) is 0 Å². The number of amides is 3. The number of nitrogens with one attached hydrogen (secondary N) is 1. The van der Waals surface area contributed by atoms with Crippen LogP contribution in [0.4, 0.5) is 4.79 Å². The number of carbonyl (C=O) groups excluding carboxylic acids is 2. The molecular formula is C17H29N3O5S. The number of ether oxygens (including phenoxy) is 1. The number of hydrogen-bond acceptors (Lipinski definition) is 6. The maximum absolute atomic E-state index is 13.1. The number of methoxy groups -OCH3 is 1. The fraction of sp³-hybridized carbons (Fsp3) is 0.882. The third-order valence-corrected chi connectivity index (χ3v) is 7.58. The molecule has 0 bridgehead atoms. The number of urea groups is 1. The minimum absolute atomic E-state index is 0.0749. The number of nitrogens with zero attached hydrogens (tertiary/aromatic N) is 2. The first kappa shape index (κ1) is 19.6. The van der Waals surface area contributed by atoms with E-state index in [0.29, 0.717) is 32.4 Å². The maximum atomic E-state index is 13.1. The predicted molar refractivity (Wildman–Crippen MR) is 96.3 cm³/mol. The average molecular weight is 388 g/mol. The Morgan fingerprint density at radius 1 is 1.23 bits per heavy atom. The van der Waals surface area contributed by atoms with Crippen LogP contribution in [-0.2, 0) is 19.4 Å². The summed E-state index contributed by atoms with van der Waals surface area (Å²) >= 11 is 0. The van der Waals surface area contributed by atoms with Crippen molar-refractivity contribution in [1.82, 2.24) is 15.1 Å². The zero-order valence-electron chi connectivity index (χ0n) is 15.4. The lowest BCUT2D eigenvalue weighted by Gasteiger charge is -2.31. The van der Waals surface area contributed by atoms with Gasteiger partial charge in [0.25, 0.3) is 5.91 Å². The number of imide groups is 1. The van der Waals surface area contributed by atoms with E-state index in [4.69, 9.17) is 4.74 Å². The van der Waals surface area contributed by atoms with Crippen molar-refractivity contribution >= 4 is 21.8 Å². The summed E-state index contributed by atoms with van der Waals surface area (Å²) in [4.78, 5) is 28.8. The van der Waals surface area contributed by atoms with Crippen molar-refractivity contribution in [3.05, 3.63) is 0 Å². The van der Waals surface area contributed by atoms with Gasteiger partial charge in [0.2, 0.25) is 0 Å². The van der Waals surface area contributed by atoms with Gasteiger partial charge < -0.3 is 10.1 Å². The quantitative estimate of drug-likeness (QED) is 0.675. The molecule has 3 aliphatic rings. The highest BCUT2D eigenvalue weighted by Crippen LogP contribution is 2.33. The Morgan fingerprint density at radius 2 is 1.92 bits per heavy atom. The summed E-state index contributed by atoms with van der Waals surface area (Å²) in [5, 5.41) is 2.94. The third kappa shape index (κ3) is 4.04. The molecule has 1 aliphatic carbocycles. The topological polar surface area (TPSA) is 96.0 Å². The molecule has 26 heavy (non-hydrogen) atoms. The van der Waals surface area contributed by atoms with Crippen LogP contribution in [0.15, 0.2) is 0 Å². The van der Waals surface area contributed by atoms with Gasteiger partial charge in [-0.05, 0) is 19.3 Å². The minimum Gasteiger partial charge on any atom is -0.383 e. The van der Waals surface area contributed by atoms with Crippen molar-refractivity contribution < 1.29 is 22.7 Å². The average Bonchev–Trinajstić information content (AvgIpc) is 2.93. The second-order valence-electron chi connectivity index (χ2n) is 7.66. The van der Waals surface area contributed by atoms with E-state index in [1.807, 2.05) is 4.90 Å². The van der Waals surface area contributed by atoms with Crippen LogP contribution in [-0.4, -0.2) is 80.2 Å². The van der Waals surface area contributed by atoms with E-state index in [9.17, 15) is 18.0 Å². The normalized spacial score (nSPS) is 27.9. The van der Waals surface area contributed by atoms with E-state index < -0.39 is 15.4 Å². The lowest BCUT2D eigenvalue weighted by Crippen LogP contribution is -2.50. The lowest BCUT2D eigenvalue weighted by molar-refractivity contribution is -0.133. The standard InChI is InChI=1S/C17H29N3O5S/c1-25-10-9-19(14-6-11-26(23,24)12-14)13-20-15(21)17(18-16(20)22)7-4-2-3-5-8-17/h14H,2-13H2,1H3,(H,18,22)/t14-/m1/s1. The summed E-state index contributed by atoms with van der Waals surface area (Å²) in [6, 6.07) is -0.540. The Balaban J connectivity index is 1.73. The SMILES string of the molecule is COCCN(CN1C(=O)NC2(CCCCCC2)C1=O)[C@@H]1CCS(=O)(=O)C1. The van der Waals surface area contributed by atoms with E-state index in [0.717, 1.165) is 25.7 Å². The van der Waals surface area contributed by atoms with Crippen molar-refractivity contribution in [3.8, 4) is 0 Å². The number of carbonyl (C=O) groups is 2. The first-order valence-electron chi connectivity index (χ1n) is 9.44. The predicted octanol–water partition coefficient (Wildman–Crippen LogP) is 0.724. The van der Waals surface area contributed by atoms with Crippen LogP contribution in [0, 0.1) is 0 Å². The molecule has 0 aromatic carbocycles. The van der Waals surface area contributed by atoms with Gasteiger partial charge in [0.1, 0.15) is 5.54 Å². The van der Waals surface area contributed by atoms with E-state index in [1.54, 1.807) is 7.11 Å². The molecule has 0 aromatic rings. The smallest absolute Gasteiger partial charge is 0.326 e. The third-order valence-electron chi connectivity index (χ3n) is 5.83. The zero-order valence-corrected chi connectivity index (χ0v) is 16.2. The van der Waals surface area contributed by atoms with E-state index in [1.165, 1.54) is 4.90 Å². The van der Waals surface area contributed by atoms with Crippen LogP contribution in [0.1, 0.15) is 44.9 Å². The van der Waals surface area contributed by atoms with Gasteiger partial charge >= 0.3 is 6.03 Å². The molecule has 1 spiro atoms. The number of hydrogen-bond donors (Lipinski definition) is 1. The summed E-state index contributed by atoms with van der Waals surface area (Å²) in [6.45, 7) is 1.03. The van der Waals surface area contributed by atoms with Crippen LogP contribution in [0.5, 0.6) is 0 Å². The maximum Gasteiger partial charge on any atom is 0.326 e. The molecule has 3 fully saturated rings. The second-order valence-corrected chi connectivity index (χ2v) is 9.89. The highest BCUT2D eigenvalue weighted by molar-refractivity contribution is 7.91. The molecule has 2 aliphatic heterocycles.